The van der Waals surface area contributed by atoms with Crippen molar-refractivity contribution < 1.29 is 29.3 Å². The van der Waals surface area contributed by atoms with E-state index in [1.807, 2.05) is 34.6 Å². The zero-order valence-electron chi connectivity index (χ0n) is 21.6. The van der Waals surface area contributed by atoms with E-state index < -0.39 is 41.1 Å². The minimum atomic E-state index is -1.09. The Balaban J connectivity index is 3.43. The normalized spacial score (nSPS) is 13.7. The Hall–Kier alpha value is -2.81. The highest BCUT2D eigenvalue weighted by molar-refractivity contribution is 5.92. The van der Waals surface area contributed by atoms with Crippen LogP contribution in [-0.4, -0.2) is 63.4 Å². The molecular formula is C25H41N3O6. The Morgan fingerprint density at radius 2 is 1.59 bits per heavy atom. The van der Waals surface area contributed by atoms with Crippen LogP contribution in [0.4, 0.5) is 4.79 Å². The quantitative estimate of drug-likeness (QED) is 0.431. The molecule has 0 bridgehead atoms. The maximum Gasteiger partial charge on any atom is 0.408 e. The number of aliphatic hydroxyl groups is 1. The highest BCUT2D eigenvalue weighted by atomic mass is 16.6. The van der Waals surface area contributed by atoms with Crippen molar-refractivity contribution in [2.75, 3.05) is 13.2 Å². The largest absolute Gasteiger partial charge is 0.508 e. The van der Waals surface area contributed by atoms with Crippen LogP contribution in [0.25, 0.3) is 0 Å². The van der Waals surface area contributed by atoms with Gasteiger partial charge in [-0.2, -0.15) is 0 Å². The van der Waals surface area contributed by atoms with Crippen molar-refractivity contribution in [2.45, 2.75) is 85.0 Å². The second-order valence-electron chi connectivity index (χ2n) is 10.8. The van der Waals surface area contributed by atoms with Gasteiger partial charge in [-0.1, -0.05) is 26.0 Å². The number of hydrogen-bond acceptors (Lipinski definition) is 6. The number of hydrogen-bond donors (Lipinski definition) is 4. The predicted octanol–water partition coefficient (Wildman–Crippen LogP) is 3.11. The lowest BCUT2D eigenvalue weighted by atomic mass is 9.98. The Kier molecular flexibility index (Phi) is 10.4. The van der Waals surface area contributed by atoms with Gasteiger partial charge in [0.2, 0.25) is 11.8 Å². The number of carbonyl (C=O) groups excluding carboxylic acids is 3. The molecule has 34 heavy (non-hydrogen) atoms. The van der Waals surface area contributed by atoms with Crippen molar-refractivity contribution in [3.63, 3.8) is 0 Å². The molecule has 9 nitrogen and oxygen atoms in total. The Bertz CT molecular complexity index is 825. The van der Waals surface area contributed by atoms with Crippen molar-refractivity contribution in [1.82, 2.24) is 15.5 Å². The highest BCUT2D eigenvalue weighted by Crippen LogP contribution is 2.26. The molecule has 1 aromatic rings. The summed E-state index contributed by atoms with van der Waals surface area (Å²) in [5.74, 6) is -0.894. The zero-order chi connectivity index (χ0) is 26.3. The van der Waals surface area contributed by atoms with E-state index in [-0.39, 0.29) is 24.8 Å². The van der Waals surface area contributed by atoms with E-state index in [1.165, 1.54) is 17.0 Å². The van der Waals surface area contributed by atoms with Crippen LogP contribution in [0, 0.1) is 5.92 Å². The highest BCUT2D eigenvalue weighted by Gasteiger charge is 2.37. The van der Waals surface area contributed by atoms with Crippen LogP contribution in [0.15, 0.2) is 24.3 Å². The smallest absolute Gasteiger partial charge is 0.408 e. The molecule has 0 aliphatic heterocycles. The molecule has 0 radical (unpaired) electrons. The maximum absolute atomic E-state index is 13.7. The molecule has 0 heterocycles. The summed E-state index contributed by atoms with van der Waals surface area (Å²) in [5.41, 5.74) is -0.866. The van der Waals surface area contributed by atoms with Crippen LogP contribution in [0.3, 0.4) is 0 Å². The van der Waals surface area contributed by atoms with Gasteiger partial charge in [-0.3, -0.25) is 9.59 Å². The summed E-state index contributed by atoms with van der Waals surface area (Å²) in [5, 5.41) is 25.0. The summed E-state index contributed by atoms with van der Waals surface area (Å²) in [6, 6.07) is 3.91. The van der Waals surface area contributed by atoms with Gasteiger partial charge in [0.1, 0.15) is 23.4 Å². The lowest BCUT2D eigenvalue weighted by molar-refractivity contribution is -0.144. The molecule has 9 heteroatoms. The number of benzene rings is 1. The summed E-state index contributed by atoms with van der Waals surface area (Å²) < 4.78 is 5.33. The van der Waals surface area contributed by atoms with Gasteiger partial charge >= 0.3 is 6.09 Å². The third-order valence-corrected chi connectivity index (χ3v) is 4.59. The molecule has 2 atom stereocenters. The van der Waals surface area contributed by atoms with Crippen LogP contribution >= 0.6 is 0 Å². The van der Waals surface area contributed by atoms with Gasteiger partial charge in [-0.15, -0.1) is 0 Å². The van der Waals surface area contributed by atoms with Crippen molar-refractivity contribution >= 4 is 17.9 Å². The van der Waals surface area contributed by atoms with Crippen molar-refractivity contribution in [3.05, 3.63) is 29.8 Å². The number of rotatable bonds is 9. The summed E-state index contributed by atoms with van der Waals surface area (Å²) in [7, 11) is 0. The van der Waals surface area contributed by atoms with Crippen molar-refractivity contribution in [1.29, 1.82) is 0 Å². The third kappa shape index (κ3) is 9.99. The monoisotopic (exact) mass is 479 g/mol. The van der Waals surface area contributed by atoms with E-state index in [2.05, 4.69) is 10.6 Å². The third-order valence-electron chi connectivity index (χ3n) is 4.59. The fourth-order valence-corrected chi connectivity index (χ4v) is 3.38. The predicted molar refractivity (Wildman–Crippen MR) is 130 cm³/mol. The van der Waals surface area contributed by atoms with Gasteiger partial charge < -0.3 is 30.5 Å². The molecule has 192 valence electrons. The number of nitrogens with zero attached hydrogens (tertiary/aromatic N) is 1. The van der Waals surface area contributed by atoms with Gasteiger partial charge in [-0.05, 0) is 71.6 Å². The van der Waals surface area contributed by atoms with Crippen LogP contribution in [0.1, 0.15) is 73.4 Å². The number of nitrogens with one attached hydrogen (secondary N) is 2. The summed E-state index contributed by atoms with van der Waals surface area (Å²) in [4.78, 5) is 40.8. The Labute approximate surface area is 202 Å². The molecule has 0 aromatic heterocycles. The SMILES string of the molecule is CC(C)CC(NC(=O)OC(C)(C)C)C(=O)N(CCO)C(C(=O)NC(C)(C)C)c1ccc(O)cc1. The molecular weight excluding hydrogens is 438 g/mol. The molecule has 0 saturated carbocycles. The van der Waals surface area contributed by atoms with E-state index in [0.29, 0.717) is 12.0 Å². The number of carbonyl (C=O) groups is 3. The van der Waals surface area contributed by atoms with E-state index in [4.69, 9.17) is 4.74 Å². The van der Waals surface area contributed by atoms with E-state index >= 15 is 0 Å². The van der Waals surface area contributed by atoms with E-state index in [9.17, 15) is 24.6 Å². The van der Waals surface area contributed by atoms with Crippen molar-refractivity contribution in [2.24, 2.45) is 5.92 Å². The standard InChI is InChI=1S/C25H41N3O6/c1-16(2)15-19(26-23(33)34-25(6,7)8)22(32)28(13-14-29)20(21(31)27-24(3,4)5)17-9-11-18(30)12-10-17/h9-12,16,19-20,29-30H,13-15H2,1-8H3,(H,26,33)(H,27,31). The second kappa shape index (κ2) is 12.1. The minimum absolute atomic E-state index is 0.0167. The maximum atomic E-state index is 13.7. The van der Waals surface area contributed by atoms with Crippen LogP contribution in [0.2, 0.25) is 0 Å². The van der Waals surface area contributed by atoms with Crippen LogP contribution in [-0.2, 0) is 14.3 Å². The molecule has 3 amide bonds. The van der Waals surface area contributed by atoms with Crippen LogP contribution in [0.5, 0.6) is 5.75 Å². The van der Waals surface area contributed by atoms with Gasteiger partial charge in [-0.25, -0.2) is 4.79 Å². The lowest BCUT2D eigenvalue weighted by Gasteiger charge is -2.36. The van der Waals surface area contributed by atoms with Gasteiger partial charge in [0.15, 0.2) is 0 Å². The first-order valence-corrected chi connectivity index (χ1v) is 11.6. The van der Waals surface area contributed by atoms with Crippen molar-refractivity contribution in [3.8, 4) is 5.75 Å². The number of aromatic hydroxyl groups is 1. The van der Waals surface area contributed by atoms with Gasteiger partial charge in [0.25, 0.3) is 0 Å². The van der Waals surface area contributed by atoms with E-state index in [0.717, 1.165) is 0 Å². The summed E-state index contributed by atoms with van der Waals surface area (Å²) >= 11 is 0. The second-order valence-corrected chi connectivity index (χ2v) is 10.8. The van der Waals surface area contributed by atoms with E-state index in [1.54, 1.807) is 32.9 Å². The fourth-order valence-electron chi connectivity index (χ4n) is 3.38. The minimum Gasteiger partial charge on any atom is -0.508 e. The molecule has 0 spiro atoms. The average molecular weight is 480 g/mol. The number of ether oxygens (including phenoxy) is 1. The molecule has 0 fully saturated rings. The van der Waals surface area contributed by atoms with Gasteiger partial charge in [0, 0.05) is 12.1 Å². The number of amides is 3. The number of phenols is 1. The molecule has 1 aromatic carbocycles. The molecule has 1 rings (SSSR count). The first-order valence-electron chi connectivity index (χ1n) is 11.6. The Morgan fingerprint density at radius 1 is 1.03 bits per heavy atom. The number of aliphatic hydroxyl groups excluding tert-OH is 1. The molecule has 4 N–H and O–H groups in total. The Morgan fingerprint density at radius 3 is 2.03 bits per heavy atom. The first kappa shape index (κ1) is 29.2. The zero-order valence-corrected chi connectivity index (χ0v) is 21.6. The van der Waals surface area contributed by atoms with Gasteiger partial charge in [0.05, 0.1) is 6.61 Å². The fraction of sp³-hybridized carbons (Fsp3) is 0.640. The number of phenolic OH excluding ortho intramolecular Hbond substituents is 1. The topological polar surface area (TPSA) is 128 Å². The molecule has 0 aliphatic carbocycles. The summed E-state index contributed by atoms with van der Waals surface area (Å²) in [6.07, 6.45) is -0.431. The first-order chi connectivity index (χ1) is 15.5. The average Bonchev–Trinajstić information content (AvgIpc) is 2.64. The number of alkyl carbamates (subject to hydrolysis) is 1. The molecule has 2 unspecified atom stereocenters. The summed E-state index contributed by atoms with van der Waals surface area (Å²) in [6.45, 7) is 13.9. The molecule has 0 aliphatic rings. The molecule has 0 saturated heterocycles. The van der Waals surface area contributed by atoms with Crippen LogP contribution < -0.4 is 10.6 Å². The lowest BCUT2D eigenvalue weighted by Crippen LogP contribution is -2.55.